The van der Waals surface area contributed by atoms with Crippen LogP contribution in [0.25, 0.3) is 17.1 Å². The van der Waals surface area contributed by atoms with Crippen LogP contribution in [0.4, 0.5) is 4.39 Å². The van der Waals surface area contributed by atoms with E-state index in [9.17, 15) is 9.18 Å². The summed E-state index contributed by atoms with van der Waals surface area (Å²) in [5, 5.41) is 13.1. The number of halogens is 1. The van der Waals surface area contributed by atoms with Gasteiger partial charge in [-0.2, -0.15) is 5.10 Å². The first-order valence-electron chi connectivity index (χ1n) is 10.5. The molecule has 35 heavy (non-hydrogen) atoms. The molecule has 0 fully saturated rings. The van der Waals surface area contributed by atoms with Gasteiger partial charge in [0.15, 0.2) is 22.5 Å². The average molecular weight is 492 g/mol. The van der Waals surface area contributed by atoms with Gasteiger partial charge in [0.1, 0.15) is 5.82 Å². The van der Waals surface area contributed by atoms with Crippen LogP contribution in [0.3, 0.4) is 0 Å². The summed E-state index contributed by atoms with van der Waals surface area (Å²) in [4.78, 5) is 12.3. The molecule has 0 bridgehead atoms. The maximum absolute atomic E-state index is 13.3. The first-order valence-corrected chi connectivity index (χ1v) is 11.5. The predicted molar refractivity (Wildman–Crippen MR) is 133 cm³/mol. The highest BCUT2D eigenvalue weighted by Gasteiger charge is 2.18. The number of carbonyl (C=O) groups excluding carboxylic acids is 1. The molecule has 0 unspecified atom stereocenters. The highest BCUT2D eigenvalue weighted by atomic mass is 32.2. The third kappa shape index (κ3) is 5.85. The lowest BCUT2D eigenvalue weighted by Gasteiger charge is -2.12. The summed E-state index contributed by atoms with van der Waals surface area (Å²) in [5.74, 6) is 1.10. The monoisotopic (exact) mass is 491 g/mol. The van der Waals surface area contributed by atoms with Crippen LogP contribution < -0.4 is 14.9 Å². The zero-order valence-electron chi connectivity index (χ0n) is 19.0. The summed E-state index contributed by atoms with van der Waals surface area (Å²) in [6, 6.07) is 21.0. The zero-order chi connectivity index (χ0) is 24.6. The average Bonchev–Trinajstić information content (AvgIpc) is 3.31. The fraction of sp³-hybridized carbons (Fsp3) is 0.120. The minimum absolute atomic E-state index is 0.0530. The van der Waals surface area contributed by atoms with Gasteiger partial charge >= 0.3 is 0 Å². The third-order valence-electron chi connectivity index (χ3n) is 4.87. The second-order valence-electron chi connectivity index (χ2n) is 7.18. The molecule has 8 nitrogen and oxygen atoms in total. The lowest BCUT2D eigenvalue weighted by atomic mass is 10.2. The van der Waals surface area contributed by atoms with Gasteiger partial charge in [0, 0.05) is 11.3 Å². The Morgan fingerprint density at radius 2 is 1.83 bits per heavy atom. The van der Waals surface area contributed by atoms with E-state index in [4.69, 9.17) is 9.47 Å². The molecule has 0 saturated heterocycles. The van der Waals surface area contributed by atoms with Crippen LogP contribution in [0.2, 0.25) is 0 Å². The fourth-order valence-corrected chi connectivity index (χ4v) is 4.01. The molecule has 3 aromatic carbocycles. The molecule has 0 aliphatic carbocycles. The Morgan fingerprint density at radius 3 is 2.57 bits per heavy atom. The molecule has 4 aromatic rings. The van der Waals surface area contributed by atoms with Crippen LogP contribution >= 0.6 is 11.8 Å². The Morgan fingerprint density at radius 1 is 1.03 bits per heavy atom. The number of aromatic nitrogens is 3. The van der Waals surface area contributed by atoms with E-state index in [2.05, 4.69) is 20.7 Å². The Hall–Kier alpha value is -4.18. The maximum Gasteiger partial charge on any atom is 0.250 e. The number of nitrogens with one attached hydrogen (secondary N) is 1. The molecule has 0 radical (unpaired) electrons. The molecule has 1 heterocycles. The van der Waals surface area contributed by atoms with Crippen LogP contribution in [0.15, 0.2) is 83.1 Å². The number of para-hydroxylation sites is 1. The topological polar surface area (TPSA) is 90.6 Å². The normalized spacial score (nSPS) is 10.9. The number of thioether (sulfide) groups is 1. The van der Waals surface area contributed by atoms with E-state index in [1.807, 2.05) is 47.0 Å². The SMILES string of the molecule is COc1ccc(-c2nnc(SCC(=O)N/N=C/c3cccc(F)c3)n2-c2ccccc2)cc1OC. The number of benzene rings is 3. The van der Waals surface area contributed by atoms with Gasteiger partial charge in [-0.3, -0.25) is 9.36 Å². The van der Waals surface area contributed by atoms with E-state index >= 15 is 0 Å². The van der Waals surface area contributed by atoms with Crippen LogP contribution in [-0.2, 0) is 4.79 Å². The summed E-state index contributed by atoms with van der Waals surface area (Å²) in [6.07, 6.45) is 1.38. The van der Waals surface area contributed by atoms with Gasteiger partial charge in [0.25, 0.3) is 5.91 Å². The van der Waals surface area contributed by atoms with Gasteiger partial charge in [-0.15, -0.1) is 10.2 Å². The van der Waals surface area contributed by atoms with Crippen molar-refractivity contribution in [3.63, 3.8) is 0 Å². The summed E-state index contributed by atoms with van der Waals surface area (Å²) in [7, 11) is 3.15. The Labute approximate surface area is 205 Å². The highest BCUT2D eigenvalue weighted by Crippen LogP contribution is 2.34. The van der Waals surface area contributed by atoms with Crippen molar-refractivity contribution in [2.24, 2.45) is 5.10 Å². The summed E-state index contributed by atoms with van der Waals surface area (Å²) >= 11 is 1.22. The van der Waals surface area contributed by atoms with Crippen LogP contribution in [0.1, 0.15) is 5.56 Å². The molecule has 0 aliphatic heterocycles. The van der Waals surface area contributed by atoms with E-state index in [-0.39, 0.29) is 17.5 Å². The lowest BCUT2D eigenvalue weighted by molar-refractivity contribution is -0.118. The van der Waals surface area contributed by atoms with E-state index in [0.717, 1.165) is 11.3 Å². The van der Waals surface area contributed by atoms with E-state index in [1.165, 1.54) is 30.1 Å². The number of rotatable bonds is 9. The van der Waals surface area contributed by atoms with Crippen molar-refractivity contribution in [2.45, 2.75) is 5.16 Å². The van der Waals surface area contributed by atoms with Crippen molar-refractivity contribution in [1.29, 1.82) is 0 Å². The van der Waals surface area contributed by atoms with Crippen molar-refractivity contribution in [1.82, 2.24) is 20.2 Å². The molecule has 0 aliphatic rings. The van der Waals surface area contributed by atoms with Crippen LogP contribution in [-0.4, -0.2) is 46.9 Å². The van der Waals surface area contributed by atoms with Gasteiger partial charge in [-0.25, -0.2) is 9.82 Å². The molecule has 0 spiro atoms. The van der Waals surface area contributed by atoms with Crippen molar-refractivity contribution >= 4 is 23.9 Å². The first-order chi connectivity index (χ1) is 17.1. The number of hydrazone groups is 1. The Kier molecular flexibility index (Phi) is 7.74. The number of amides is 1. The van der Waals surface area contributed by atoms with Gasteiger partial charge in [-0.05, 0) is 48.0 Å². The molecular formula is C25H22FN5O3S. The zero-order valence-corrected chi connectivity index (χ0v) is 19.8. The molecule has 0 atom stereocenters. The third-order valence-corrected chi connectivity index (χ3v) is 5.80. The van der Waals surface area contributed by atoms with Crippen LogP contribution in [0, 0.1) is 5.82 Å². The molecule has 178 valence electrons. The second kappa shape index (κ2) is 11.3. The molecule has 1 aromatic heterocycles. The summed E-state index contributed by atoms with van der Waals surface area (Å²) in [6.45, 7) is 0. The van der Waals surface area contributed by atoms with Gasteiger partial charge in [0.05, 0.1) is 26.2 Å². The molecular weight excluding hydrogens is 469 g/mol. The second-order valence-corrected chi connectivity index (χ2v) is 8.13. The smallest absolute Gasteiger partial charge is 0.250 e. The number of nitrogens with zero attached hydrogens (tertiary/aromatic N) is 4. The van der Waals surface area contributed by atoms with Gasteiger partial charge in [0.2, 0.25) is 0 Å². The van der Waals surface area contributed by atoms with E-state index in [0.29, 0.717) is 28.0 Å². The molecule has 1 N–H and O–H groups in total. The van der Waals surface area contributed by atoms with Crippen molar-refractivity contribution < 1.29 is 18.7 Å². The number of hydrogen-bond donors (Lipinski definition) is 1. The Balaban J connectivity index is 1.54. The molecule has 10 heteroatoms. The molecule has 0 saturated carbocycles. The van der Waals surface area contributed by atoms with Gasteiger partial charge in [-0.1, -0.05) is 42.1 Å². The molecule has 1 amide bonds. The lowest BCUT2D eigenvalue weighted by Crippen LogP contribution is -2.20. The molecule has 4 rings (SSSR count). The predicted octanol–water partition coefficient (Wildman–Crippen LogP) is 4.33. The quantitative estimate of drug-likeness (QED) is 0.213. The Bertz CT molecular complexity index is 1340. The number of hydrogen-bond acceptors (Lipinski definition) is 7. The minimum Gasteiger partial charge on any atom is -0.493 e. The van der Waals surface area contributed by atoms with Crippen molar-refractivity contribution in [2.75, 3.05) is 20.0 Å². The number of carbonyl (C=O) groups is 1. The van der Waals surface area contributed by atoms with E-state index in [1.54, 1.807) is 32.4 Å². The summed E-state index contributed by atoms with van der Waals surface area (Å²) in [5.41, 5.74) is 4.60. The minimum atomic E-state index is -0.374. The fourth-order valence-electron chi connectivity index (χ4n) is 3.26. The number of methoxy groups -OCH3 is 2. The van der Waals surface area contributed by atoms with Gasteiger partial charge < -0.3 is 9.47 Å². The standard InChI is InChI=1S/C25H22FN5O3S/c1-33-21-12-11-18(14-22(21)34-2)24-29-30-25(31(24)20-9-4-3-5-10-20)35-16-23(32)28-27-15-17-7-6-8-19(26)13-17/h3-15H,16H2,1-2H3,(H,28,32)/b27-15+. The van der Waals surface area contributed by atoms with E-state index < -0.39 is 0 Å². The van der Waals surface area contributed by atoms with Crippen molar-refractivity contribution in [3.05, 3.63) is 84.2 Å². The highest BCUT2D eigenvalue weighted by molar-refractivity contribution is 7.99. The largest absolute Gasteiger partial charge is 0.493 e. The maximum atomic E-state index is 13.3. The summed E-state index contributed by atoms with van der Waals surface area (Å²) < 4.78 is 25.9. The number of ether oxygens (including phenoxy) is 2. The van der Waals surface area contributed by atoms with Crippen molar-refractivity contribution in [3.8, 4) is 28.6 Å². The van der Waals surface area contributed by atoms with Crippen LogP contribution in [0.5, 0.6) is 11.5 Å². The first kappa shape index (κ1) is 24.0.